The van der Waals surface area contributed by atoms with Gasteiger partial charge in [0, 0.05) is 12.1 Å². The Labute approximate surface area is 224 Å². The first-order valence-electron chi connectivity index (χ1n) is 10.7. The number of nitrogens with one attached hydrogen (secondary N) is 1. The van der Waals surface area contributed by atoms with Crippen LogP contribution in [0.25, 0.3) is 0 Å². The predicted molar refractivity (Wildman–Crippen MR) is 138 cm³/mol. The van der Waals surface area contributed by atoms with Crippen LogP contribution in [0.3, 0.4) is 0 Å². The van der Waals surface area contributed by atoms with Crippen LogP contribution >= 0.6 is 36.6 Å². The van der Waals surface area contributed by atoms with Gasteiger partial charge in [-0.15, -0.1) is 0 Å². The Balaban J connectivity index is 1.63. The molecule has 13 heteroatoms. The Hall–Kier alpha value is -2.83. The first-order chi connectivity index (χ1) is 17.0. The molecule has 0 radical (unpaired) electrons. The fourth-order valence-electron chi connectivity index (χ4n) is 3.40. The van der Waals surface area contributed by atoms with Crippen LogP contribution in [-0.2, 0) is 25.7 Å². The van der Waals surface area contributed by atoms with E-state index >= 15 is 0 Å². The van der Waals surface area contributed by atoms with Crippen molar-refractivity contribution >= 4 is 60.1 Å². The van der Waals surface area contributed by atoms with E-state index < -0.39 is 38.5 Å². The number of nitro benzene ring substituents is 1. The van der Waals surface area contributed by atoms with E-state index in [-0.39, 0.29) is 25.4 Å². The van der Waals surface area contributed by atoms with Gasteiger partial charge in [0.15, 0.2) is 6.61 Å². The number of halogens is 2. The predicted octanol–water partition coefficient (Wildman–Crippen LogP) is 3.80. The van der Waals surface area contributed by atoms with Gasteiger partial charge in [0.25, 0.3) is 11.6 Å². The molecule has 2 unspecified atom stereocenters. The van der Waals surface area contributed by atoms with Gasteiger partial charge in [0.05, 0.1) is 16.2 Å². The molecule has 192 valence electrons. The summed E-state index contributed by atoms with van der Waals surface area (Å²) in [7, 11) is 1.09. The summed E-state index contributed by atoms with van der Waals surface area (Å²) in [5.74, 6) is -1.39. The van der Waals surface area contributed by atoms with Crippen LogP contribution in [0.4, 0.5) is 5.69 Å². The molecule has 2 aromatic rings. The molecule has 0 aliphatic carbocycles. The third kappa shape index (κ3) is 5.93. The summed E-state index contributed by atoms with van der Waals surface area (Å²) in [5, 5.41) is 13.4. The molecule has 1 heterocycles. The number of nitro groups is 1. The number of non-ortho nitro benzene ring substituents is 1. The fraction of sp³-hybridized carbons (Fsp3) is 0.348. The average molecular weight is 601 g/mol. The molecule has 2 atom stereocenters. The summed E-state index contributed by atoms with van der Waals surface area (Å²) in [6, 6.07) is 13.4. The summed E-state index contributed by atoms with van der Waals surface area (Å²) in [6.07, 6.45) is 0. The number of nitrogens with zero attached hydrogens (tertiary/aromatic N) is 2. The smallest absolute Gasteiger partial charge is 0.349 e. The number of ether oxygens (including phenoxy) is 2. The van der Waals surface area contributed by atoms with E-state index in [1.165, 1.54) is 24.3 Å². The quantitative estimate of drug-likeness (QED) is 0.103. The maximum atomic E-state index is 13.2. The number of esters is 1. The molecule has 1 fully saturated rings. The van der Waals surface area contributed by atoms with Crippen molar-refractivity contribution in [1.29, 1.82) is 0 Å². The van der Waals surface area contributed by atoms with Gasteiger partial charge in [0.2, 0.25) is 10.9 Å². The van der Waals surface area contributed by atoms with Crippen LogP contribution in [0.15, 0.2) is 54.6 Å². The Morgan fingerprint density at radius 1 is 1.22 bits per heavy atom. The van der Waals surface area contributed by atoms with E-state index in [1.54, 1.807) is 38.1 Å². The summed E-state index contributed by atoms with van der Waals surface area (Å²) >= 11 is 10.1. The number of carbonyl (C=O) groups is 3. The molecule has 0 spiro atoms. The van der Waals surface area contributed by atoms with Crippen LogP contribution in [0.1, 0.15) is 19.4 Å². The van der Waals surface area contributed by atoms with E-state index in [9.17, 15) is 24.5 Å². The molecule has 0 saturated carbocycles. The molecule has 36 heavy (non-hydrogen) atoms. The van der Waals surface area contributed by atoms with Gasteiger partial charge >= 0.3 is 5.97 Å². The Bertz CT molecular complexity index is 1140. The van der Waals surface area contributed by atoms with Gasteiger partial charge in [0.1, 0.15) is 18.4 Å². The number of alkyl halides is 1. The average Bonchev–Trinajstić information content (AvgIpc) is 2.88. The number of hydrogen-bond donors (Lipinski definition) is 1. The lowest BCUT2D eigenvalue weighted by atomic mass is 9.94. The maximum Gasteiger partial charge on any atom is 0.349 e. The second kappa shape index (κ2) is 11.5. The normalized spacial score (nSPS) is 16.9. The van der Waals surface area contributed by atoms with Crippen molar-refractivity contribution in [1.82, 2.24) is 10.2 Å². The molecule has 10 nitrogen and oxygen atoms in total. The van der Waals surface area contributed by atoms with Crippen molar-refractivity contribution in [3.05, 3.63) is 70.3 Å². The summed E-state index contributed by atoms with van der Waals surface area (Å²) in [6.45, 7) is 2.84. The molecule has 2 aromatic carbocycles. The highest BCUT2D eigenvalue weighted by atomic mass is 79.9. The fourth-order valence-corrected chi connectivity index (χ4v) is 5.00. The molecule has 0 aromatic heterocycles. The largest absolute Gasteiger partial charge is 0.484 e. The highest BCUT2D eigenvalue weighted by Gasteiger charge is 2.62. The number of benzene rings is 2. The number of hydrogen-bond acceptors (Lipinski definition) is 8. The van der Waals surface area contributed by atoms with Gasteiger partial charge in [-0.3, -0.25) is 19.7 Å². The lowest BCUT2D eigenvalue weighted by Gasteiger charge is -2.51. The van der Waals surface area contributed by atoms with E-state index in [1.807, 2.05) is 6.07 Å². The highest BCUT2D eigenvalue weighted by molar-refractivity contribution is 9.50. The van der Waals surface area contributed by atoms with Crippen LogP contribution in [0, 0.1) is 10.1 Å². The van der Waals surface area contributed by atoms with E-state index in [4.69, 9.17) is 21.1 Å². The zero-order valence-electron chi connectivity index (χ0n) is 19.3. The Morgan fingerprint density at radius 3 is 2.42 bits per heavy atom. The minimum atomic E-state index is -1.90. The van der Waals surface area contributed by atoms with E-state index in [0.29, 0.717) is 11.3 Å². The van der Waals surface area contributed by atoms with E-state index in [0.717, 1.165) is 15.1 Å². The van der Waals surface area contributed by atoms with Crippen molar-refractivity contribution < 1.29 is 28.8 Å². The van der Waals surface area contributed by atoms with E-state index in [2.05, 4.69) is 20.1 Å². The first-order valence-corrected chi connectivity index (χ1v) is 13.7. The van der Waals surface area contributed by atoms with Gasteiger partial charge in [-0.25, -0.2) is 4.79 Å². The van der Waals surface area contributed by atoms with Crippen LogP contribution in [-0.4, -0.2) is 56.5 Å². The lowest BCUT2D eigenvalue weighted by Crippen LogP contribution is -2.75. The zero-order valence-corrected chi connectivity index (χ0v) is 22.5. The lowest BCUT2D eigenvalue weighted by molar-refractivity contribution is -0.384. The van der Waals surface area contributed by atoms with Crippen molar-refractivity contribution in [3.63, 3.8) is 0 Å². The summed E-state index contributed by atoms with van der Waals surface area (Å²) in [4.78, 5) is 47.9. The molecule has 2 amide bonds. The standard InChI is InChI=1S/C23H23BrClN3O7S/c1-22(2,36-24)23(25,21(31)35-13-15-8-10-16(11-9-15)28(32)33)27-12-18(20(27)30)26-19(29)14-34-17-6-4-3-5-7-17/h3-11,18H,12-14H2,1-2H3,(H,26,29). The number of carbonyl (C=O) groups excluding carboxylic acids is 3. The van der Waals surface area contributed by atoms with Crippen molar-refractivity contribution in [2.45, 2.75) is 36.2 Å². The third-order valence-corrected chi connectivity index (χ3v) is 9.58. The van der Waals surface area contributed by atoms with Gasteiger partial charge in [-0.05, 0) is 58.5 Å². The molecule has 0 bridgehead atoms. The molecule has 1 aliphatic rings. The molecule has 1 aliphatic heterocycles. The van der Waals surface area contributed by atoms with Crippen molar-refractivity contribution in [3.8, 4) is 5.75 Å². The molecule has 1 N–H and O–H groups in total. The second-order valence-corrected chi connectivity index (χ2v) is 11.1. The number of para-hydroxylation sites is 1. The SMILES string of the molecule is CC(C)(SBr)C(Cl)(C(=O)OCc1ccc([N+](=O)[O-])cc1)N1CC(NC(=O)COc2ccccc2)C1=O. The number of β-lactam (4-membered cyclic amide) rings is 1. The minimum Gasteiger partial charge on any atom is -0.484 e. The van der Waals surface area contributed by atoms with Crippen LogP contribution in [0.2, 0.25) is 0 Å². The van der Waals surface area contributed by atoms with Gasteiger partial charge in [-0.1, -0.05) is 40.0 Å². The van der Waals surface area contributed by atoms with Gasteiger partial charge in [-0.2, -0.15) is 0 Å². The maximum absolute atomic E-state index is 13.2. The van der Waals surface area contributed by atoms with Crippen molar-refractivity contribution in [2.24, 2.45) is 0 Å². The minimum absolute atomic E-state index is 0.0109. The number of rotatable bonds is 11. The molecular formula is C23H23BrClN3O7S. The van der Waals surface area contributed by atoms with Gasteiger partial charge < -0.3 is 19.7 Å². The second-order valence-electron chi connectivity index (χ2n) is 8.38. The Morgan fingerprint density at radius 2 is 1.86 bits per heavy atom. The molecule has 1 saturated heterocycles. The van der Waals surface area contributed by atoms with Crippen molar-refractivity contribution in [2.75, 3.05) is 13.2 Å². The van der Waals surface area contributed by atoms with Crippen LogP contribution < -0.4 is 10.1 Å². The third-order valence-electron chi connectivity index (χ3n) is 5.53. The monoisotopic (exact) mass is 599 g/mol. The first kappa shape index (κ1) is 27.8. The summed E-state index contributed by atoms with van der Waals surface area (Å²) < 4.78 is 9.76. The summed E-state index contributed by atoms with van der Waals surface area (Å²) in [5.41, 5.74) is 0.415. The van der Waals surface area contributed by atoms with Crippen LogP contribution in [0.5, 0.6) is 5.75 Å². The topological polar surface area (TPSA) is 128 Å². The highest BCUT2D eigenvalue weighted by Crippen LogP contribution is 2.48. The number of amides is 2. The zero-order chi connectivity index (χ0) is 26.5. The number of likely N-dealkylation sites (tertiary alicyclic amines) is 1. The Kier molecular flexibility index (Phi) is 8.85. The molecular weight excluding hydrogens is 578 g/mol. The molecule has 3 rings (SSSR count).